The largest absolute Gasteiger partial charge is 0.467 e. The second kappa shape index (κ2) is 8.00. The normalized spacial score (nSPS) is 17.5. The first kappa shape index (κ1) is 19.7. The van der Waals surface area contributed by atoms with Gasteiger partial charge in [0.05, 0.1) is 18.0 Å². The summed E-state index contributed by atoms with van der Waals surface area (Å²) in [6.07, 6.45) is 1.01. The van der Waals surface area contributed by atoms with Crippen LogP contribution in [0.2, 0.25) is 0 Å². The molecule has 0 saturated carbocycles. The molecule has 2 heterocycles. The Morgan fingerprint density at radius 3 is 2.72 bits per heavy atom. The Morgan fingerprint density at radius 1 is 1.21 bits per heavy atom. The summed E-state index contributed by atoms with van der Waals surface area (Å²) in [5.74, 6) is 0.111. The first-order chi connectivity index (χ1) is 13.9. The Morgan fingerprint density at radius 2 is 2.00 bits per heavy atom. The van der Waals surface area contributed by atoms with Crippen LogP contribution in [-0.2, 0) is 27.8 Å². The summed E-state index contributed by atoms with van der Waals surface area (Å²) in [4.78, 5) is 12.4. The molecule has 0 radical (unpaired) electrons. The Labute approximate surface area is 168 Å². The SMILES string of the molecule is O=C(NCCc1cc(F)cc2c1OCOC2)c1ccc(N2CCCS2(=O)=O)cc1. The van der Waals surface area contributed by atoms with Gasteiger partial charge in [-0.1, -0.05) is 0 Å². The number of nitrogens with one attached hydrogen (secondary N) is 1. The number of carbonyl (C=O) groups is 1. The van der Waals surface area contributed by atoms with Gasteiger partial charge in [0, 0.05) is 24.2 Å². The molecule has 9 heteroatoms. The predicted molar refractivity (Wildman–Crippen MR) is 105 cm³/mol. The molecular weight excluding hydrogens is 399 g/mol. The average Bonchev–Trinajstić information content (AvgIpc) is 3.07. The summed E-state index contributed by atoms with van der Waals surface area (Å²) in [6, 6.07) is 9.26. The van der Waals surface area contributed by atoms with Crippen molar-refractivity contribution in [2.24, 2.45) is 0 Å². The van der Waals surface area contributed by atoms with E-state index in [4.69, 9.17) is 9.47 Å². The van der Waals surface area contributed by atoms with E-state index in [1.54, 1.807) is 24.3 Å². The summed E-state index contributed by atoms with van der Waals surface area (Å²) >= 11 is 0. The lowest BCUT2D eigenvalue weighted by atomic mass is 10.1. The number of sulfonamides is 1. The highest BCUT2D eigenvalue weighted by Gasteiger charge is 2.28. The molecule has 2 aliphatic rings. The van der Waals surface area contributed by atoms with Crippen molar-refractivity contribution in [1.82, 2.24) is 5.32 Å². The number of carbonyl (C=O) groups excluding carboxylic acids is 1. The van der Waals surface area contributed by atoms with Gasteiger partial charge in [0.15, 0.2) is 6.79 Å². The predicted octanol–water partition coefficient (Wildman–Crippen LogP) is 2.20. The van der Waals surface area contributed by atoms with Crippen LogP contribution in [0.15, 0.2) is 36.4 Å². The van der Waals surface area contributed by atoms with Crippen LogP contribution < -0.4 is 14.4 Å². The minimum Gasteiger partial charge on any atom is -0.467 e. The molecule has 0 unspecified atom stereocenters. The second-order valence-electron chi connectivity index (χ2n) is 6.96. The molecule has 2 aromatic rings. The number of ether oxygens (including phenoxy) is 2. The van der Waals surface area contributed by atoms with Crippen LogP contribution in [0.4, 0.5) is 10.1 Å². The number of hydrogen-bond acceptors (Lipinski definition) is 5. The highest BCUT2D eigenvalue weighted by Crippen LogP contribution is 2.29. The smallest absolute Gasteiger partial charge is 0.251 e. The summed E-state index contributed by atoms with van der Waals surface area (Å²) in [5.41, 5.74) is 2.32. The van der Waals surface area contributed by atoms with Gasteiger partial charge in [-0.25, -0.2) is 12.8 Å². The monoisotopic (exact) mass is 420 g/mol. The van der Waals surface area contributed by atoms with Crippen LogP contribution in [0.1, 0.15) is 27.9 Å². The molecule has 154 valence electrons. The molecule has 1 N–H and O–H groups in total. The number of benzene rings is 2. The zero-order valence-electron chi connectivity index (χ0n) is 15.7. The van der Waals surface area contributed by atoms with Gasteiger partial charge in [-0.3, -0.25) is 9.10 Å². The summed E-state index contributed by atoms with van der Waals surface area (Å²) < 4.78 is 49.8. The standard InChI is InChI=1S/C20H21FN2O5S/c21-17-10-15(19-16(11-17)12-27-13-28-19)6-7-22-20(24)14-2-4-18(5-3-14)23-8-1-9-29(23,25)26/h2-5,10-11H,1,6-9,12-13H2,(H,22,24). The molecule has 29 heavy (non-hydrogen) atoms. The molecule has 1 fully saturated rings. The summed E-state index contributed by atoms with van der Waals surface area (Å²) in [5, 5.41) is 2.80. The van der Waals surface area contributed by atoms with Crippen LogP contribution in [0.5, 0.6) is 5.75 Å². The van der Waals surface area contributed by atoms with Crippen molar-refractivity contribution < 1.29 is 27.1 Å². The Balaban J connectivity index is 1.38. The number of fused-ring (bicyclic) bond motifs is 1. The number of amides is 1. The fraction of sp³-hybridized carbons (Fsp3) is 0.350. The zero-order chi connectivity index (χ0) is 20.4. The molecule has 0 bridgehead atoms. The topological polar surface area (TPSA) is 84.9 Å². The Kier molecular flexibility index (Phi) is 5.42. The quantitative estimate of drug-likeness (QED) is 0.802. The maximum Gasteiger partial charge on any atom is 0.251 e. The molecule has 4 rings (SSSR count). The number of rotatable bonds is 5. The van der Waals surface area contributed by atoms with Crippen molar-refractivity contribution >= 4 is 21.6 Å². The lowest BCUT2D eigenvalue weighted by Crippen LogP contribution is -2.27. The van der Waals surface area contributed by atoms with Crippen molar-refractivity contribution in [2.45, 2.75) is 19.4 Å². The van der Waals surface area contributed by atoms with Gasteiger partial charge in [-0.15, -0.1) is 0 Å². The first-order valence-electron chi connectivity index (χ1n) is 9.34. The highest BCUT2D eigenvalue weighted by atomic mass is 32.2. The van der Waals surface area contributed by atoms with E-state index in [0.717, 1.165) is 0 Å². The van der Waals surface area contributed by atoms with Crippen LogP contribution in [0.3, 0.4) is 0 Å². The van der Waals surface area contributed by atoms with E-state index in [1.807, 2.05) is 0 Å². The molecule has 0 aromatic heterocycles. The van der Waals surface area contributed by atoms with Gasteiger partial charge in [0.25, 0.3) is 5.91 Å². The maximum atomic E-state index is 13.8. The molecule has 2 aromatic carbocycles. The van der Waals surface area contributed by atoms with Crippen molar-refractivity contribution in [3.05, 3.63) is 58.9 Å². The number of nitrogens with zero attached hydrogens (tertiary/aromatic N) is 1. The molecule has 2 aliphatic heterocycles. The van der Waals surface area contributed by atoms with Crippen LogP contribution in [-0.4, -0.2) is 40.0 Å². The number of hydrogen-bond donors (Lipinski definition) is 1. The number of anilines is 1. The average molecular weight is 420 g/mol. The van der Waals surface area contributed by atoms with Crippen LogP contribution in [0, 0.1) is 5.82 Å². The van der Waals surface area contributed by atoms with E-state index < -0.39 is 10.0 Å². The molecule has 0 spiro atoms. The van der Waals surface area contributed by atoms with Gasteiger partial charge in [-0.05, 0) is 54.8 Å². The van der Waals surface area contributed by atoms with Gasteiger partial charge >= 0.3 is 0 Å². The van der Waals surface area contributed by atoms with E-state index in [2.05, 4.69) is 5.32 Å². The zero-order valence-corrected chi connectivity index (χ0v) is 16.5. The van der Waals surface area contributed by atoms with Gasteiger partial charge in [0.1, 0.15) is 11.6 Å². The third-order valence-electron chi connectivity index (χ3n) is 4.95. The minimum absolute atomic E-state index is 0.122. The summed E-state index contributed by atoms with van der Waals surface area (Å²) in [6.45, 7) is 1.18. The third kappa shape index (κ3) is 4.20. The molecule has 1 saturated heterocycles. The van der Waals surface area contributed by atoms with Crippen molar-refractivity contribution in [3.8, 4) is 5.75 Å². The van der Waals surface area contributed by atoms with E-state index in [0.29, 0.717) is 60.7 Å². The van der Waals surface area contributed by atoms with Crippen LogP contribution in [0.25, 0.3) is 0 Å². The van der Waals surface area contributed by atoms with E-state index in [1.165, 1.54) is 16.4 Å². The van der Waals surface area contributed by atoms with E-state index in [-0.39, 0.29) is 24.3 Å². The molecule has 7 nitrogen and oxygen atoms in total. The van der Waals surface area contributed by atoms with E-state index in [9.17, 15) is 17.6 Å². The lowest BCUT2D eigenvalue weighted by Gasteiger charge is -2.21. The minimum atomic E-state index is -3.25. The van der Waals surface area contributed by atoms with Gasteiger partial charge < -0.3 is 14.8 Å². The highest BCUT2D eigenvalue weighted by molar-refractivity contribution is 7.93. The van der Waals surface area contributed by atoms with Crippen molar-refractivity contribution in [3.63, 3.8) is 0 Å². The van der Waals surface area contributed by atoms with E-state index >= 15 is 0 Å². The third-order valence-corrected chi connectivity index (χ3v) is 6.82. The second-order valence-corrected chi connectivity index (χ2v) is 8.97. The van der Waals surface area contributed by atoms with Gasteiger partial charge in [0.2, 0.25) is 10.0 Å². The lowest BCUT2D eigenvalue weighted by molar-refractivity contribution is -0.0172. The molecular formula is C20H21FN2O5S. The van der Waals surface area contributed by atoms with Crippen molar-refractivity contribution in [1.29, 1.82) is 0 Å². The molecule has 0 aliphatic carbocycles. The number of halogens is 1. The Bertz CT molecular complexity index is 1020. The fourth-order valence-corrected chi connectivity index (χ4v) is 5.13. The first-order valence-corrected chi connectivity index (χ1v) is 11.0. The Hall–Kier alpha value is -2.65. The van der Waals surface area contributed by atoms with Gasteiger partial charge in [-0.2, -0.15) is 0 Å². The van der Waals surface area contributed by atoms with Crippen molar-refractivity contribution in [2.75, 3.05) is 29.9 Å². The van der Waals surface area contributed by atoms with Crippen LogP contribution >= 0.6 is 0 Å². The maximum absolute atomic E-state index is 13.8. The molecule has 0 atom stereocenters. The fourth-order valence-electron chi connectivity index (χ4n) is 3.56. The summed E-state index contributed by atoms with van der Waals surface area (Å²) in [7, 11) is -3.25. The molecule has 1 amide bonds.